The van der Waals surface area contributed by atoms with Crippen LogP contribution in [0, 0.1) is 5.92 Å². The van der Waals surface area contributed by atoms with Gasteiger partial charge in [0.25, 0.3) is 0 Å². The van der Waals surface area contributed by atoms with Crippen LogP contribution in [-0.2, 0) is 65.4 Å². The molecule has 0 saturated carbocycles. The van der Waals surface area contributed by atoms with Crippen LogP contribution in [0.5, 0.6) is 0 Å². The highest BCUT2D eigenvalue weighted by molar-refractivity contribution is 7.47. The number of rotatable bonds is 82. The molecule has 19 heteroatoms. The Morgan fingerprint density at radius 1 is 0.267 bits per heavy atom. The van der Waals surface area contributed by atoms with Gasteiger partial charge in [-0.05, 0) is 31.6 Å². The summed E-state index contributed by atoms with van der Waals surface area (Å²) >= 11 is 0. The summed E-state index contributed by atoms with van der Waals surface area (Å²) in [7, 11) is -9.92. The largest absolute Gasteiger partial charge is 0.472 e. The maximum Gasteiger partial charge on any atom is 0.472 e. The molecule has 0 saturated heterocycles. The monoisotopic (exact) mass is 1480 g/mol. The van der Waals surface area contributed by atoms with E-state index in [2.05, 4.69) is 34.6 Å². The number of aliphatic hydroxyl groups is 1. The van der Waals surface area contributed by atoms with E-state index in [0.717, 1.165) is 95.8 Å². The van der Waals surface area contributed by atoms with Gasteiger partial charge in [0.2, 0.25) is 0 Å². The van der Waals surface area contributed by atoms with E-state index in [0.29, 0.717) is 25.7 Å². The fourth-order valence-electron chi connectivity index (χ4n) is 12.8. The van der Waals surface area contributed by atoms with E-state index in [9.17, 15) is 43.2 Å². The van der Waals surface area contributed by atoms with Crippen molar-refractivity contribution >= 4 is 39.5 Å². The first-order chi connectivity index (χ1) is 49.0. The number of hydrogen-bond donors (Lipinski definition) is 3. The Kier molecular flexibility index (Phi) is 73.5. The molecule has 0 aliphatic heterocycles. The highest BCUT2D eigenvalue weighted by Gasteiger charge is 2.30. The van der Waals surface area contributed by atoms with Crippen LogP contribution in [0.1, 0.15) is 439 Å². The van der Waals surface area contributed by atoms with E-state index in [-0.39, 0.29) is 25.7 Å². The van der Waals surface area contributed by atoms with Crippen LogP contribution < -0.4 is 0 Å². The van der Waals surface area contributed by atoms with Gasteiger partial charge >= 0.3 is 39.5 Å². The number of carbonyl (C=O) groups is 4. The molecule has 0 spiro atoms. The predicted molar refractivity (Wildman–Crippen MR) is 414 cm³/mol. The molecule has 101 heavy (non-hydrogen) atoms. The van der Waals surface area contributed by atoms with Crippen molar-refractivity contribution in [2.24, 2.45) is 5.92 Å². The van der Waals surface area contributed by atoms with E-state index in [1.807, 2.05) is 0 Å². The number of ether oxygens (including phenoxy) is 4. The molecule has 5 atom stereocenters. The van der Waals surface area contributed by atoms with Crippen molar-refractivity contribution in [3.63, 3.8) is 0 Å². The molecule has 0 aromatic rings. The molecule has 0 rings (SSSR count). The van der Waals surface area contributed by atoms with Crippen molar-refractivity contribution in [3.05, 3.63) is 0 Å². The minimum Gasteiger partial charge on any atom is -0.462 e. The Hall–Kier alpha value is -1.94. The molecule has 0 amide bonds. The van der Waals surface area contributed by atoms with Crippen molar-refractivity contribution in [3.8, 4) is 0 Å². The summed E-state index contributed by atoms with van der Waals surface area (Å²) in [6, 6.07) is 0. The van der Waals surface area contributed by atoms with Crippen LogP contribution in [0.15, 0.2) is 0 Å². The zero-order valence-corrected chi connectivity index (χ0v) is 67.8. The molecule has 0 heterocycles. The summed E-state index contributed by atoms with van der Waals surface area (Å²) in [5.74, 6) is -1.34. The van der Waals surface area contributed by atoms with Gasteiger partial charge in [-0.15, -0.1) is 0 Å². The maximum atomic E-state index is 13.1. The summed E-state index contributed by atoms with van der Waals surface area (Å²) in [5, 5.41) is 10.7. The van der Waals surface area contributed by atoms with Crippen molar-refractivity contribution < 1.29 is 80.2 Å². The molecule has 3 N–H and O–H groups in total. The lowest BCUT2D eigenvalue weighted by Crippen LogP contribution is -2.30. The third kappa shape index (κ3) is 76.1. The molecule has 2 unspecified atom stereocenters. The van der Waals surface area contributed by atoms with Gasteiger partial charge in [-0.1, -0.05) is 388 Å². The molecular weight excluding hydrogens is 1320 g/mol. The van der Waals surface area contributed by atoms with Crippen molar-refractivity contribution in [1.29, 1.82) is 0 Å². The third-order valence-electron chi connectivity index (χ3n) is 19.3. The van der Waals surface area contributed by atoms with Gasteiger partial charge in [0.05, 0.1) is 26.4 Å². The molecule has 0 bridgehead atoms. The number of unbranched alkanes of at least 4 members (excludes halogenated alkanes) is 54. The first kappa shape index (κ1) is 99.1. The average molecular weight is 1480 g/mol. The Morgan fingerprint density at radius 2 is 0.455 bits per heavy atom. The Labute approximate surface area is 619 Å². The minimum atomic E-state index is -4.96. The van der Waals surface area contributed by atoms with Crippen LogP contribution in [0.4, 0.5) is 0 Å². The number of phosphoric ester groups is 2. The van der Waals surface area contributed by atoms with Crippen LogP contribution in [0.25, 0.3) is 0 Å². The van der Waals surface area contributed by atoms with E-state index < -0.39 is 97.5 Å². The first-order valence-corrected chi connectivity index (χ1v) is 45.6. The van der Waals surface area contributed by atoms with E-state index in [4.69, 9.17) is 37.0 Å². The lowest BCUT2D eigenvalue weighted by molar-refractivity contribution is -0.161. The van der Waals surface area contributed by atoms with Crippen molar-refractivity contribution in [2.45, 2.75) is 457 Å². The summed E-state index contributed by atoms with van der Waals surface area (Å²) in [4.78, 5) is 73.1. The smallest absolute Gasteiger partial charge is 0.462 e. The minimum absolute atomic E-state index is 0.107. The molecule has 0 radical (unpaired) electrons. The average Bonchev–Trinajstić information content (AvgIpc) is 0.942. The zero-order chi connectivity index (χ0) is 74.1. The second kappa shape index (κ2) is 74.9. The molecule has 0 aromatic carbocycles. The first-order valence-electron chi connectivity index (χ1n) is 42.6. The van der Waals surface area contributed by atoms with Crippen LogP contribution in [-0.4, -0.2) is 96.7 Å². The second-order valence-corrected chi connectivity index (χ2v) is 32.9. The van der Waals surface area contributed by atoms with Crippen LogP contribution in [0.2, 0.25) is 0 Å². The summed E-state index contributed by atoms with van der Waals surface area (Å²) in [6.07, 6.45) is 66.5. The lowest BCUT2D eigenvalue weighted by Gasteiger charge is -2.21. The number of phosphoric acid groups is 2. The van der Waals surface area contributed by atoms with E-state index in [1.165, 1.54) is 263 Å². The fourth-order valence-corrected chi connectivity index (χ4v) is 14.3. The fraction of sp³-hybridized carbons (Fsp3) is 0.951. The van der Waals surface area contributed by atoms with Gasteiger partial charge in [-0.2, -0.15) is 0 Å². The number of hydrogen-bond acceptors (Lipinski definition) is 15. The van der Waals surface area contributed by atoms with Gasteiger partial charge in [-0.3, -0.25) is 37.3 Å². The Morgan fingerprint density at radius 3 is 0.673 bits per heavy atom. The summed E-state index contributed by atoms with van der Waals surface area (Å²) in [5.41, 5.74) is 0. The highest BCUT2D eigenvalue weighted by atomic mass is 31.2. The Bertz CT molecular complexity index is 1930. The second-order valence-electron chi connectivity index (χ2n) is 30.0. The van der Waals surface area contributed by atoms with Gasteiger partial charge in [0.15, 0.2) is 12.2 Å². The SMILES string of the molecule is CCCCCCCCCCCCCCCCCCCCCC(=O)O[C@H](COC(=O)CCCCCCCCCCCCCCCCC)COP(=O)(O)OC[C@@H](O)COP(=O)(O)OC[C@@H](COC(=O)CCCCCCCCCCCCCCC)OC(=O)CCCCCCCCCCCCCC(C)C. The molecule has 17 nitrogen and oxygen atoms in total. The standard InChI is InChI=1S/C82H160O17P2/c1-6-9-12-15-18-21-24-27-29-30-31-32-34-37-42-47-52-57-62-67-81(86)98-77(71-93-80(85)66-61-56-51-46-41-36-33-28-25-22-19-16-13-10-7-2)73-96-100(88,89)94-69-76(83)70-95-101(90,91)97-74-78(72-92-79(84)65-60-55-50-45-40-35-26-23-20-17-14-11-8-3)99-82(87)68-63-58-53-48-43-38-39-44-49-54-59-64-75(4)5/h75-78,83H,6-74H2,1-5H3,(H,88,89)(H,90,91)/t76-,77-,78-/m1/s1. The highest BCUT2D eigenvalue weighted by Crippen LogP contribution is 2.45. The summed E-state index contributed by atoms with van der Waals surface area (Å²) in [6.45, 7) is 7.35. The molecule has 600 valence electrons. The predicted octanol–water partition coefficient (Wildman–Crippen LogP) is 24.8. The van der Waals surface area contributed by atoms with Crippen molar-refractivity contribution in [2.75, 3.05) is 39.6 Å². The number of carbonyl (C=O) groups excluding carboxylic acids is 4. The Balaban J connectivity index is 5.26. The quantitative estimate of drug-likeness (QED) is 0.0222. The topological polar surface area (TPSA) is 237 Å². The van der Waals surface area contributed by atoms with E-state index >= 15 is 0 Å². The molecular formula is C82H160O17P2. The molecule has 0 aliphatic carbocycles. The van der Waals surface area contributed by atoms with Crippen molar-refractivity contribution in [1.82, 2.24) is 0 Å². The van der Waals surface area contributed by atoms with Crippen LogP contribution >= 0.6 is 15.6 Å². The third-order valence-corrected chi connectivity index (χ3v) is 21.2. The number of esters is 4. The zero-order valence-electron chi connectivity index (χ0n) is 66.1. The summed E-state index contributed by atoms with van der Waals surface area (Å²) < 4.78 is 68.8. The maximum absolute atomic E-state index is 13.1. The van der Waals surface area contributed by atoms with Gasteiger partial charge in [-0.25, -0.2) is 9.13 Å². The van der Waals surface area contributed by atoms with E-state index in [1.54, 1.807) is 0 Å². The number of aliphatic hydroxyl groups excluding tert-OH is 1. The van der Waals surface area contributed by atoms with Crippen LogP contribution in [0.3, 0.4) is 0 Å². The molecule has 0 aromatic heterocycles. The van der Waals surface area contributed by atoms with Gasteiger partial charge in [0, 0.05) is 25.7 Å². The van der Waals surface area contributed by atoms with Gasteiger partial charge in [0.1, 0.15) is 19.3 Å². The molecule has 0 aliphatic rings. The normalized spacial score (nSPS) is 13.8. The lowest BCUT2D eigenvalue weighted by atomic mass is 10.0. The molecule has 0 fully saturated rings. The van der Waals surface area contributed by atoms with Gasteiger partial charge < -0.3 is 33.8 Å².